The van der Waals surface area contributed by atoms with Crippen molar-refractivity contribution in [2.45, 2.75) is 33.6 Å². The highest BCUT2D eigenvalue weighted by molar-refractivity contribution is 7.98. The van der Waals surface area contributed by atoms with Crippen LogP contribution < -0.4 is 0 Å². The monoisotopic (exact) mass is 590 g/mol. The molecular formula is C26H20Cl3F3O4S. The molecular weight excluding hydrogens is 572 g/mol. The number of carbonyl (C=O) groups is 2. The first-order chi connectivity index (χ1) is 17.4. The molecule has 3 aromatic carbocycles. The van der Waals surface area contributed by atoms with Crippen LogP contribution in [0.1, 0.15) is 32.6 Å². The van der Waals surface area contributed by atoms with Gasteiger partial charge in [-0.3, -0.25) is 4.79 Å². The molecule has 0 aliphatic heterocycles. The molecule has 0 saturated heterocycles. The maximum absolute atomic E-state index is 12.7. The van der Waals surface area contributed by atoms with Gasteiger partial charge in [0.1, 0.15) is 13.2 Å². The van der Waals surface area contributed by atoms with Crippen molar-refractivity contribution in [2.75, 3.05) is 6.61 Å². The van der Waals surface area contributed by atoms with Crippen molar-refractivity contribution in [3.63, 3.8) is 0 Å². The fraction of sp³-hybridized carbons (Fsp3) is 0.231. The molecule has 0 fully saturated rings. The molecule has 0 amide bonds. The van der Waals surface area contributed by atoms with E-state index in [2.05, 4.69) is 0 Å². The van der Waals surface area contributed by atoms with Gasteiger partial charge in [-0.05, 0) is 47.0 Å². The minimum atomic E-state index is -4.42. The van der Waals surface area contributed by atoms with E-state index in [-0.39, 0.29) is 19.6 Å². The van der Waals surface area contributed by atoms with Gasteiger partial charge in [0.25, 0.3) is 0 Å². The third-order valence-corrected chi connectivity index (χ3v) is 6.30. The van der Waals surface area contributed by atoms with E-state index in [9.17, 15) is 22.8 Å². The minimum Gasteiger partial charge on any atom is -0.461 e. The van der Waals surface area contributed by atoms with Crippen molar-refractivity contribution in [3.05, 3.63) is 101 Å². The number of carbonyl (C=O) groups excluding carboxylic acids is 2. The molecule has 0 atom stereocenters. The molecule has 37 heavy (non-hydrogen) atoms. The summed E-state index contributed by atoms with van der Waals surface area (Å²) < 4.78 is 46.6. The summed E-state index contributed by atoms with van der Waals surface area (Å²) in [4.78, 5) is 25.5. The van der Waals surface area contributed by atoms with Crippen LogP contribution >= 0.6 is 46.6 Å². The van der Waals surface area contributed by atoms with E-state index in [4.69, 9.17) is 44.3 Å². The number of ether oxygens (including phenoxy) is 2. The van der Waals surface area contributed by atoms with Crippen LogP contribution in [0.2, 0.25) is 0 Å². The Morgan fingerprint density at radius 1 is 0.838 bits per heavy atom. The lowest BCUT2D eigenvalue weighted by molar-refractivity contribution is -0.144. The average Bonchev–Trinajstić information content (AvgIpc) is 2.84. The lowest BCUT2D eigenvalue weighted by atomic mass is 10.1. The van der Waals surface area contributed by atoms with Gasteiger partial charge in [-0.25, -0.2) is 4.79 Å². The fourth-order valence-corrected chi connectivity index (χ4v) is 4.30. The number of hydrogen-bond donors (Lipinski definition) is 0. The van der Waals surface area contributed by atoms with E-state index < -0.39 is 27.5 Å². The van der Waals surface area contributed by atoms with Gasteiger partial charge in [0.15, 0.2) is 0 Å². The van der Waals surface area contributed by atoms with Gasteiger partial charge in [-0.15, -0.1) is 11.8 Å². The van der Waals surface area contributed by atoms with Crippen LogP contribution in [0.5, 0.6) is 0 Å². The molecule has 0 unspecified atom stereocenters. The first-order valence-electron chi connectivity index (χ1n) is 10.8. The van der Waals surface area contributed by atoms with Gasteiger partial charge < -0.3 is 9.47 Å². The largest absolute Gasteiger partial charge is 0.461 e. The number of benzene rings is 3. The van der Waals surface area contributed by atoms with Gasteiger partial charge in [-0.1, -0.05) is 77.3 Å². The quantitative estimate of drug-likeness (QED) is 0.144. The van der Waals surface area contributed by atoms with Gasteiger partial charge >= 0.3 is 18.1 Å². The van der Waals surface area contributed by atoms with Crippen LogP contribution in [-0.2, 0) is 39.2 Å². The van der Waals surface area contributed by atoms with Crippen molar-refractivity contribution < 1.29 is 32.2 Å². The highest BCUT2D eigenvalue weighted by Crippen LogP contribution is 2.30. The molecule has 196 valence electrons. The first-order valence-corrected chi connectivity index (χ1v) is 12.9. The Balaban J connectivity index is 1.54. The van der Waals surface area contributed by atoms with Crippen LogP contribution in [0.25, 0.3) is 0 Å². The molecule has 0 heterocycles. The average molecular weight is 592 g/mol. The van der Waals surface area contributed by atoms with Gasteiger partial charge in [0, 0.05) is 10.6 Å². The van der Waals surface area contributed by atoms with Gasteiger partial charge in [-0.2, -0.15) is 13.2 Å². The van der Waals surface area contributed by atoms with Crippen LogP contribution in [0.15, 0.2) is 77.7 Å². The number of thioether (sulfide) groups is 1. The van der Waals surface area contributed by atoms with E-state index in [0.29, 0.717) is 22.4 Å². The lowest BCUT2D eigenvalue weighted by Crippen LogP contribution is -2.18. The number of halogens is 6. The normalized spacial score (nSPS) is 11.7. The van der Waals surface area contributed by atoms with Gasteiger partial charge in [0.05, 0.1) is 17.5 Å². The van der Waals surface area contributed by atoms with E-state index in [1.54, 1.807) is 36.4 Å². The maximum Gasteiger partial charge on any atom is 0.416 e. The summed E-state index contributed by atoms with van der Waals surface area (Å²) >= 11 is 18.4. The molecule has 3 aromatic rings. The standard InChI is InChI=1S/C26H20Cl3F3O4S/c27-25(28,29)16-36-24(34)22-7-2-1-5-19(22)15-37-21-6-3-4-18(12-21)13-23(33)35-14-17-8-10-20(11-9-17)26(30,31)32/h1-12H,13-16H2. The van der Waals surface area contributed by atoms with E-state index >= 15 is 0 Å². The smallest absolute Gasteiger partial charge is 0.416 e. The second-order valence-corrected chi connectivity index (χ2v) is 11.4. The van der Waals surface area contributed by atoms with Crippen LogP contribution in [-0.4, -0.2) is 22.3 Å². The Labute approximate surface area is 231 Å². The molecule has 11 heteroatoms. The summed E-state index contributed by atoms with van der Waals surface area (Å²) in [6.45, 7) is -0.508. The highest BCUT2D eigenvalue weighted by atomic mass is 35.6. The molecule has 4 nitrogen and oxygen atoms in total. The Hall–Kier alpha value is -2.39. The van der Waals surface area contributed by atoms with Crippen molar-refractivity contribution >= 4 is 58.5 Å². The first kappa shape index (κ1) is 29.2. The summed E-state index contributed by atoms with van der Waals surface area (Å²) in [6.07, 6.45) is -4.43. The van der Waals surface area contributed by atoms with E-state index in [0.717, 1.165) is 22.6 Å². The zero-order chi connectivity index (χ0) is 27.1. The molecule has 0 aliphatic rings. The molecule has 0 N–H and O–H groups in total. The Kier molecular flexibility index (Phi) is 10.2. The summed E-state index contributed by atoms with van der Waals surface area (Å²) in [7, 11) is 0. The highest BCUT2D eigenvalue weighted by Gasteiger charge is 2.30. The molecule has 0 aliphatic carbocycles. The number of esters is 2. The van der Waals surface area contributed by atoms with Gasteiger partial charge in [0.2, 0.25) is 3.79 Å². The second-order valence-electron chi connectivity index (χ2n) is 7.82. The molecule has 0 spiro atoms. The summed E-state index contributed by atoms with van der Waals surface area (Å²) in [5.74, 6) is -0.669. The maximum atomic E-state index is 12.7. The van der Waals surface area contributed by atoms with Crippen molar-refractivity contribution in [3.8, 4) is 0 Å². The molecule has 0 aromatic heterocycles. The summed E-state index contributed by atoms with van der Waals surface area (Å²) in [5.41, 5.74) is 1.48. The molecule has 3 rings (SSSR count). The molecule has 0 saturated carbocycles. The zero-order valence-corrected chi connectivity index (χ0v) is 22.1. The minimum absolute atomic E-state index is 0.00498. The number of alkyl halides is 6. The molecule has 0 radical (unpaired) electrons. The number of rotatable bonds is 9. The predicted octanol–water partition coefficient (Wildman–Crippen LogP) is 7.81. The Bertz CT molecular complexity index is 1230. The second kappa shape index (κ2) is 12.9. The predicted molar refractivity (Wildman–Crippen MR) is 138 cm³/mol. The lowest BCUT2D eigenvalue weighted by Gasteiger charge is -2.13. The SMILES string of the molecule is O=C(Cc1cccc(SCc2ccccc2C(=O)OCC(Cl)(Cl)Cl)c1)OCc1ccc(C(F)(F)F)cc1. The van der Waals surface area contributed by atoms with Crippen molar-refractivity contribution in [1.29, 1.82) is 0 Å². The third kappa shape index (κ3) is 9.78. The van der Waals surface area contributed by atoms with Crippen LogP contribution in [0.3, 0.4) is 0 Å². The van der Waals surface area contributed by atoms with Crippen LogP contribution in [0.4, 0.5) is 13.2 Å². The summed E-state index contributed by atoms with van der Waals surface area (Å²) in [5, 5.41) is 0. The zero-order valence-electron chi connectivity index (χ0n) is 19.1. The third-order valence-electron chi connectivity index (χ3n) is 4.93. The topological polar surface area (TPSA) is 52.6 Å². The molecule has 0 bridgehead atoms. The van der Waals surface area contributed by atoms with Crippen molar-refractivity contribution in [1.82, 2.24) is 0 Å². The van der Waals surface area contributed by atoms with E-state index in [1.807, 2.05) is 12.1 Å². The van der Waals surface area contributed by atoms with Crippen LogP contribution in [0, 0.1) is 0 Å². The Morgan fingerprint density at radius 2 is 1.54 bits per heavy atom. The Morgan fingerprint density at radius 3 is 2.22 bits per heavy atom. The summed E-state index contributed by atoms with van der Waals surface area (Å²) in [6, 6.07) is 18.6. The number of hydrogen-bond acceptors (Lipinski definition) is 5. The van der Waals surface area contributed by atoms with Crippen molar-refractivity contribution in [2.24, 2.45) is 0 Å². The fourth-order valence-electron chi connectivity index (χ4n) is 3.15. The van der Waals surface area contributed by atoms with E-state index in [1.165, 1.54) is 23.9 Å².